The molecule has 0 aromatic heterocycles. The number of halogens is 1. The molecule has 1 aromatic carbocycles. The molecule has 0 aliphatic heterocycles. The zero-order valence-electron chi connectivity index (χ0n) is 9.93. The van der Waals surface area contributed by atoms with Crippen LogP contribution in [0, 0.1) is 21.8 Å². The lowest BCUT2D eigenvalue weighted by Gasteiger charge is -2.20. The van der Waals surface area contributed by atoms with Crippen LogP contribution in [-0.2, 0) is 0 Å². The number of nitro benzene ring substituents is 1. The summed E-state index contributed by atoms with van der Waals surface area (Å²) in [5.41, 5.74) is 5.80. The molecule has 2 atom stereocenters. The lowest BCUT2D eigenvalue weighted by molar-refractivity contribution is -0.384. The van der Waals surface area contributed by atoms with E-state index >= 15 is 0 Å². The van der Waals surface area contributed by atoms with Crippen molar-refractivity contribution >= 4 is 11.4 Å². The number of nitrogens with two attached hydrogens (primary N) is 1. The predicted octanol–water partition coefficient (Wildman–Crippen LogP) is 2.27. The van der Waals surface area contributed by atoms with E-state index in [0.717, 1.165) is 25.3 Å². The largest absolute Gasteiger partial charge is 0.376 e. The van der Waals surface area contributed by atoms with Crippen LogP contribution in [0.4, 0.5) is 15.8 Å². The molecular weight excluding hydrogens is 237 g/mol. The molecular formula is C12H16FN3O2. The Balaban J connectivity index is 2.22. The van der Waals surface area contributed by atoms with Gasteiger partial charge in [-0.3, -0.25) is 10.1 Å². The molecule has 0 saturated heterocycles. The zero-order valence-corrected chi connectivity index (χ0v) is 9.93. The van der Waals surface area contributed by atoms with Crippen LogP contribution >= 0.6 is 0 Å². The second kappa shape index (κ2) is 5.30. The van der Waals surface area contributed by atoms with Crippen LogP contribution < -0.4 is 11.1 Å². The molecule has 0 spiro atoms. The fourth-order valence-corrected chi connectivity index (χ4v) is 2.49. The summed E-state index contributed by atoms with van der Waals surface area (Å²) >= 11 is 0. The third-order valence-electron chi connectivity index (χ3n) is 3.46. The molecule has 2 rings (SSSR count). The topological polar surface area (TPSA) is 81.2 Å². The number of hydrogen-bond acceptors (Lipinski definition) is 4. The molecule has 5 nitrogen and oxygen atoms in total. The number of nitrogens with one attached hydrogen (secondary N) is 1. The van der Waals surface area contributed by atoms with Crippen LogP contribution in [0.25, 0.3) is 0 Å². The van der Waals surface area contributed by atoms with Crippen molar-refractivity contribution in [2.24, 2.45) is 11.7 Å². The molecule has 98 valence electrons. The number of nitrogens with zero attached hydrogens (tertiary/aromatic N) is 1. The Kier molecular flexibility index (Phi) is 3.76. The van der Waals surface area contributed by atoms with Crippen LogP contribution in [0.1, 0.15) is 19.3 Å². The summed E-state index contributed by atoms with van der Waals surface area (Å²) in [5.74, 6) is -0.182. The first-order valence-corrected chi connectivity index (χ1v) is 6.02. The maximum absolute atomic E-state index is 13.2. The molecule has 0 amide bonds. The average molecular weight is 253 g/mol. The van der Waals surface area contributed by atoms with Gasteiger partial charge in [0.05, 0.1) is 4.92 Å². The first-order chi connectivity index (χ1) is 8.61. The van der Waals surface area contributed by atoms with Crippen molar-refractivity contribution in [1.29, 1.82) is 0 Å². The van der Waals surface area contributed by atoms with Gasteiger partial charge in [0.1, 0.15) is 11.5 Å². The maximum Gasteiger partial charge on any atom is 0.292 e. The highest BCUT2D eigenvalue weighted by Crippen LogP contribution is 2.32. The number of hydrogen-bond donors (Lipinski definition) is 2. The van der Waals surface area contributed by atoms with Crippen LogP contribution in [-0.4, -0.2) is 17.5 Å². The quantitative estimate of drug-likeness (QED) is 0.637. The fourth-order valence-electron chi connectivity index (χ4n) is 2.49. The zero-order chi connectivity index (χ0) is 13.1. The van der Waals surface area contributed by atoms with Gasteiger partial charge in [0.15, 0.2) is 0 Å². The lowest BCUT2D eigenvalue weighted by Crippen LogP contribution is -2.29. The van der Waals surface area contributed by atoms with Gasteiger partial charge < -0.3 is 11.1 Å². The van der Waals surface area contributed by atoms with Crippen molar-refractivity contribution in [1.82, 2.24) is 0 Å². The van der Waals surface area contributed by atoms with Crippen molar-refractivity contribution in [3.63, 3.8) is 0 Å². The highest BCUT2D eigenvalue weighted by Gasteiger charge is 2.28. The maximum atomic E-state index is 13.2. The average Bonchev–Trinajstić information content (AvgIpc) is 2.76. The summed E-state index contributed by atoms with van der Waals surface area (Å²) in [6, 6.07) is 3.54. The fraction of sp³-hybridized carbons (Fsp3) is 0.500. The monoisotopic (exact) mass is 253 g/mol. The molecule has 0 heterocycles. The van der Waals surface area contributed by atoms with Crippen LogP contribution in [0.2, 0.25) is 0 Å². The molecule has 0 bridgehead atoms. The molecule has 18 heavy (non-hydrogen) atoms. The smallest absolute Gasteiger partial charge is 0.292 e. The Bertz CT molecular complexity index is 453. The summed E-state index contributed by atoms with van der Waals surface area (Å²) in [6.07, 6.45) is 2.97. The molecule has 1 saturated carbocycles. The SMILES string of the molecule is NCC1CCCC1Nc1cc(F)ccc1[N+](=O)[O-]. The molecule has 6 heteroatoms. The third-order valence-corrected chi connectivity index (χ3v) is 3.46. The third kappa shape index (κ3) is 2.59. The second-order valence-electron chi connectivity index (χ2n) is 4.60. The Hall–Kier alpha value is -1.69. The minimum absolute atomic E-state index is 0.0931. The van der Waals surface area contributed by atoms with Gasteiger partial charge >= 0.3 is 0 Å². The van der Waals surface area contributed by atoms with Crippen molar-refractivity contribution in [3.8, 4) is 0 Å². The van der Waals surface area contributed by atoms with Crippen LogP contribution in [0.15, 0.2) is 18.2 Å². The summed E-state index contributed by atoms with van der Waals surface area (Å²) in [5, 5.41) is 13.9. The minimum Gasteiger partial charge on any atom is -0.376 e. The van der Waals surface area contributed by atoms with Crippen LogP contribution in [0.3, 0.4) is 0 Å². The summed E-state index contributed by atoms with van der Waals surface area (Å²) < 4.78 is 13.2. The second-order valence-corrected chi connectivity index (χ2v) is 4.60. The summed E-state index contributed by atoms with van der Waals surface area (Å²) in [6.45, 7) is 0.542. The van der Waals surface area contributed by atoms with Gasteiger partial charge in [-0.1, -0.05) is 6.42 Å². The van der Waals surface area contributed by atoms with E-state index in [-0.39, 0.29) is 17.4 Å². The van der Waals surface area contributed by atoms with E-state index in [1.165, 1.54) is 12.1 Å². The van der Waals surface area contributed by atoms with Gasteiger partial charge in [0.2, 0.25) is 0 Å². The number of rotatable bonds is 4. The highest BCUT2D eigenvalue weighted by atomic mass is 19.1. The van der Waals surface area contributed by atoms with Crippen molar-refractivity contribution in [3.05, 3.63) is 34.1 Å². The standard InChI is InChI=1S/C12H16FN3O2/c13-9-4-5-12(16(17)18)11(6-9)15-10-3-1-2-8(10)7-14/h4-6,8,10,15H,1-3,7,14H2. The van der Waals surface area contributed by atoms with Crippen molar-refractivity contribution in [2.75, 3.05) is 11.9 Å². The van der Waals surface area contributed by atoms with E-state index in [1.807, 2.05) is 0 Å². The summed E-state index contributed by atoms with van der Waals surface area (Å²) in [7, 11) is 0. The Morgan fingerprint density at radius 2 is 2.28 bits per heavy atom. The van der Waals surface area contributed by atoms with E-state index in [1.54, 1.807) is 0 Å². The number of nitro groups is 1. The molecule has 2 unspecified atom stereocenters. The lowest BCUT2D eigenvalue weighted by atomic mass is 10.0. The molecule has 1 fully saturated rings. The van der Waals surface area contributed by atoms with E-state index in [4.69, 9.17) is 5.73 Å². The van der Waals surface area contributed by atoms with Gasteiger partial charge in [0.25, 0.3) is 5.69 Å². The summed E-state index contributed by atoms with van der Waals surface area (Å²) in [4.78, 5) is 10.4. The molecule has 1 aliphatic rings. The van der Waals surface area contributed by atoms with Crippen molar-refractivity contribution in [2.45, 2.75) is 25.3 Å². The van der Waals surface area contributed by atoms with Gasteiger partial charge in [-0.2, -0.15) is 0 Å². The molecule has 1 aliphatic carbocycles. The normalized spacial score (nSPS) is 23.0. The van der Waals surface area contributed by atoms with Gasteiger partial charge in [-0.05, 0) is 31.4 Å². The molecule has 0 radical (unpaired) electrons. The Morgan fingerprint density at radius 3 is 2.94 bits per heavy atom. The van der Waals surface area contributed by atoms with Gasteiger partial charge in [-0.15, -0.1) is 0 Å². The van der Waals surface area contributed by atoms with E-state index < -0.39 is 10.7 Å². The Morgan fingerprint density at radius 1 is 1.50 bits per heavy atom. The molecule has 3 N–H and O–H groups in total. The van der Waals surface area contributed by atoms with Crippen molar-refractivity contribution < 1.29 is 9.31 Å². The van der Waals surface area contributed by atoms with E-state index in [2.05, 4.69) is 5.32 Å². The first-order valence-electron chi connectivity index (χ1n) is 6.02. The number of anilines is 1. The Labute approximate surface area is 104 Å². The minimum atomic E-state index is -0.506. The van der Waals surface area contributed by atoms with E-state index in [0.29, 0.717) is 12.5 Å². The molecule has 1 aromatic rings. The predicted molar refractivity (Wildman–Crippen MR) is 66.9 cm³/mol. The van der Waals surface area contributed by atoms with Gasteiger partial charge in [0, 0.05) is 18.2 Å². The first kappa shape index (κ1) is 12.8. The van der Waals surface area contributed by atoms with Crippen LogP contribution in [0.5, 0.6) is 0 Å². The number of benzene rings is 1. The van der Waals surface area contributed by atoms with E-state index in [9.17, 15) is 14.5 Å². The highest BCUT2D eigenvalue weighted by molar-refractivity contribution is 5.62. The van der Waals surface area contributed by atoms with Gasteiger partial charge in [-0.25, -0.2) is 4.39 Å².